The van der Waals surface area contributed by atoms with Crippen molar-refractivity contribution in [2.24, 2.45) is 0 Å². The van der Waals surface area contributed by atoms with Crippen molar-refractivity contribution in [2.75, 3.05) is 13.2 Å². The van der Waals surface area contributed by atoms with Crippen LogP contribution in [-0.2, 0) is 9.53 Å². The summed E-state index contributed by atoms with van der Waals surface area (Å²) in [4.78, 5) is 11.6. The van der Waals surface area contributed by atoms with Crippen LogP contribution in [0.2, 0.25) is 0 Å². The fraction of sp³-hybridized carbons (Fsp3) is 0.900. The lowest BCUT2D eigenvalue weighted by atomic mass is 10.0. The van der Waals surface area contributed by atoms with Gasteiger partial charge in [0.2, 0.25) is 5.91 Å². The molecule has 0 spiro atoms. The Morgan fingerprint density at radius 1 is 1.64 bits per heavy atom. The summed E-state index contributed by atoms with van der Waals surface area (Å²) in [6.45, 7) is 4.56. The summed E-state index contributed by atoms with van der Waals surface area (Å²) < 4.78 is 5.26. The molecule has 1 atom stereocenters. The van der Waals surface area contributed by atoms with E-state index in [2.05, 4.69) is 5.32 Å². The monoisotopic (exact) mass is 201 g/mol. The van der Waals surface area contributed by atoms with E-state index in [9.17, 15) is 4.79 Å². The number of carbonyl (C=O) groups is 1. The number of ether oxygens (including phenoxy) is 1. The quantitative estimate of drug-likeness (QED) is 0.694. The topological polar surface area (TPSA) is 58.6 Å². The molecule has 1 aliphatic rings. The smallest absolute Gasteiger partial charge is 0.249 e. The molecule has 4 nitrogen and oxygen atoms in total. The van der Waals surface area contributed by atoms with Crippen molar-refractivity contribution in [1.82, 2.24) is 5.32 Å². The first kappa shape index (κ1) is 11.5. The normalized spacial score (nSPS) is 22.4. The number of aliphatic hydroxyl groups excluding tert-OH is 1. The van der Waals surface area contributed by atoms with E-state index in [4.69, 9.17) is 9.84 Å². The maximum Gasteiger partial charge on any atom is 0.249 e. The number of hydrogen-bond donors (Lipinski definition) is 2. The van der Waals surface area contributed by atoms with Crippen molar-refractivity contribution < 1.29 is 14.6 Å². The van der Waals surface area contributed by atoms with Crippen LogP contribution in [0.3, 0.4) is 0 Å². The lowest BCUT2D eigenvalue weighted by Crippen LogP contribution is -2.48. The first-order valence-electron chi connectivity index (χ1n) is 5.10. The van der Waals surface area contributed by atoms with Crippen molar-refractivity contribution in [3.8, 4) is 0 Å². The van der Waals surface area contributed by atoms with Crippen LogP contribution in [0.5, 0.6) is 0 Å². The molecule has 0 radical (unpaired) electrons. The number of rotatable bonds is 4. The molecule has 0 bridgehead atoms. The van der Waals surface area contributed by atoms with E-state index in [1.807, 2.05) is 13.8 Å². The van der Waals surface area contributed by atoms with E-state index in [1.165, 1.54) is 0 Å². The summed E-state index contributed by atoms with van der Waals surface area (Å²) >= 11 is 0. The largest absolute Gasteiger partial charge is 0.396 e. The number of hydrogen-bond acceptors (Lipinski definition) is 3. The minimum atomic E-state index is -0.349. The zero-order chi connectivity index (χ0) is 10.6. The Bertz CT molecular complexity index is 198. The fourth-order valence-corrected chi connectivity index (χ4v) is 1.54. The maximum absolute atomic E-state index is 11.6. The first-order chi connectivity index (χ1) is 6.55. The van der Waals surface area contributed by atoms with Crippen molar-refractivity contribution >= 4 is 5.91 Å². The van der Waals surface area contributed by atoms with E-state index in [-0.39, 0.29) is 24.2 Å². The van der Waals surface area contributed by atoms with E-state index < -0.39 is 0 Å². The zero-order valence-corrected chi connectivity index (χ0v) is 8.88. The molecule has 1 fully saturated rings. The Labute approximate surface area is 84.6 Å². The summed E-state index contributed by atoms with van der Waals surface area (Å²) in [5.41, 5.74) is -0.349. The Hall–Kier alpha value is -0.610. The summed E-state index contributed by atoms with van der Waals surface area (Å²) in [6.07, 6.45) is 2.04. The van der Waals surface area contributed by atoms with Crippen molar-refractivity contribution in [1.29, 1.82) is 0 Å². The molecule has 2 N–H and O–H groups in total. The maximum atomic E-state index is 11.6. The van der Waals surface area contributed by atoms with Gasteiger partial charge in [-0.2, -0.15) is 0 Å². The molecule has 1 rings (SSSR count). The van der Waals surface area contributed by atoms with E-state index in [0.717, 1.165) is 12.8 Å². The Morgan fingerprint density at radius 3 is 2.86 bits per heavy atom. The molecule has 1 aliphatic heterocycles. The second-order valence-electron chi connectivity index (χ2n) is 4.35. The highest BCUT2D eigenvalue weighted by Gasteiger charge is 2.28. The minimum Gasteiger partial charge on any atom is -0.396 e. The van der Waals surface area contributed by atoms with Gasteiger partial charge in [-0.1, -0.05) is 0 Å². The van der Waals surface area contributed by atoms with Crippen LogP contribution in [0.1, 0.15) is 33.1 Å². The highest BCUT2D eigenvalue weighted by molar-refractivity contribution is 5.81. The van der Waals surface area contributed by atoms with Gasteiger partial charge in [-0.3, -0.25) is 4.79 Å². The minimum absolute atomic E-state index is 0.0547. The lowest BCUT2D eigenvalue weighted by Gasteiger charge is -2.26. The molecular weight excluding hydrogens is 182 g/mol. The van der Waals surface area contributed by atoms with Crippen LogP contribution in [0.25, 0.3) is 0 Å². The van der Waals surface area contributed by atoms with Crippen molar-refractivity contribution in [3.05, 3.63) is 0 Å². The van der Waals surface area contributed by atoms with Gasteiger partial charge in [0.15, 0.2) is 0 Å². The van der Waals surface area contributed by atoms with Gasteiger partial charge >= 0.3 is 0 Å². The molecule has 0 aromatic heterocycles. The molecule has 82 valence electrons. The molecule has 0 aliphatic carbocycles. The highest BCUT2D eigenvalue weighted by atomic mass is 16.5. The van der Waals surface area contributed by atoms with Crippen LogP contribution in [0.15, 0.2) is 0 Å². The molecule has 1 saturated heterocycles. The highest BCUT2D eigenvalue weighted by Crippen LogP contribution is 2.14. The standard InChI is InChI=1S/C10H19NO3/c1-10(2,5-6-12)11-9(13)8-4-3-7-14-8/h8,12H,3-7H2,1-2H3,(H,11,13)/t8-/m0/s1. The van der Waals surface area contributed by atoms with E-state index in [0.29, 0.717) is 13.0 Å². The molecule has 0 saturated carbocycles. The molecule has 0 unspecified atom stereocenters. The summed E-state index contributed by atoms with van der Waals surface area (Å²) in [6, 6.07) is 0. The van der Waals surface area contributed by atoms with Gasteiger partial charge in [0.25, 0.3) is 0 Å². The molecule has 1 heterocycles. The number of amides is 1. The molecule has 0 aromatic rings. The first-order valence-corrected chi connectivity index (χ1v) is 5.10. The molecule has 0 aromatic carbocycles. The molecule has 4 heteroatoms. The summed E-state index contributed by atoms with van der Waals surface area (Å²) in [7, 11) is 0. The van der Waals surface area contributed by atoms with Crippen molar-refractivity contribution in [3.63, 3.8) is 0 Å². The van der Waals surface area contributed by atoms with Crippen LogP contribution in [0, 0.1) is 0 Å². The van der Waals surface area contributed by atoms with Gasteiger partial charge in [0.1, 0.15) is 6.10 Å². The van der Waals surface area contributed by atoms with E-state index in [1.54, 1.807) is 0 Å². The van der Waals surface area contributed by atoms with Crippen LogP contribution >= 0.6 is 0 Å². The van der Waals surface area contributed by atoms with Gasteiger partial charge in [-0.05, 0) is 33.1 Å². The molecule has 1 amide bonds. The van der Waals surface area contributed by atoms with Gasteiger partial charge in [0.05, 0.1) is 0 Å². The Kier molecular flexibility index (Phi) is 3.89. The average Bonchev–Trinajstić information content (AvgIpc) is 2.53. The van der Waals surface area contributed by atoms with Gasteiger partial charge in [-0.15, -0.1) is 0 Å². The average molecular weight is 201 g/mol. The van der Waals surface area contributed by atoms with Gasteiger partial charge < -0.3 is 15.2 Å². The fourth-order valence-electron chi connectivity index (χ4n) is 1.54. The van der Waals surface area contributed by atoms with Crippen LogP contribution in [0.4, 0.5) is 0 Å². The van der Waals surface area contributed by atoms with Gasteiger partial charge in [0, 0.05) is 18.8 Å². The van der Waals surface area contributed by atoms with Crippen LogP contribution < -0.4 is 5.32 Å². The number of nitrogens with one attached hydrogen (secondary N) is 1. The van der Waals surface area contributed by atoms with Crippen molar-refractivity contribution in [2.45, 2.75) is 44.8 Å². The van der Waals surface area contributed by atoms with Gasteiger partial charge in [-0.25, -0.2) is 0 Å². The van der Waals surface area contributed by atoms with E-state index >= 15 is 0 Å². The lowest BCUT2D eigenvalue weighted by molar-refractivity contribution is -0.131. The third-order valence-electron chi connectivity index (χ3n) is 2.42. The third-order valence-corrected chi connectivity index (χ3v) is 2.42. The second-order valence-corrected chi connectivity index (χ2v) is 4.35. The molecule has 14 heavy (non-hydrogen) atoms. The SMILES string of the molecule is CC(C)(CCO)NC(=O)[C@@H]1CCCO1. The third kappa shape index (κ3) is 3.27. The predicted octanol–water partition coefficient (Wildman–Crippen LogP) is 0.443. The zero-order valence-electron chi connectivity index (χ0n) is 8.88. The Morgan fingerprint density at radius 2 is 2.36 bits per heavy atom. The Balaban J connectivity index is 2.38. The number of carbonyl (C=O) groups excluding carboxylic acids is 1. The number of aliphatic hydroxyl groups is 1. The summed E-state index contributed by atoms with van der Waals surface area (Å²) in [5.74, 6) is -0.0547. The molecular formula is C10H19NO3. The summed E-state index contributed by atoms with van der Waals surface area (Å²) in [5, 5.41) is 11.7. The second kappa shape index (κ2) is 4.75. The predicted molar refractivity (Wildman–Crippen MR) is 52.9 cm³/mol. The van der Waals surface area contributed by atoms with Crippen LogP contribution in [-0.4, -0.2) is 35.9 Å².